The van der Waals surface area contributed by atoms with Gasteiger partial charge in [0, 0.05) is 19.8 Å². The molecule has 3 amide bonds. The molecule has 1 aromatic rings. The Hall–Kier alpha value is -2.48. The Labute approximate surface area is 134 Å². The Bertz CT molecular complexity index is 578. The van der Waals surface area contributed by atoms with Crippen LogP contribution in [-0.4, -0.2) is 63.4 Å². The summed E-state index contributed by atoms with van der Waals surface area (Å²) < 4.78 is 13.0. The van der Waals surface area contributed by atoms with Crippen LogP contribution in [0.1, 0.15) is 0 Å². The van der Waals surface area contributed by atoms with Gasteiger partial charge in [-0.1, -0.05) is 6.07 Å². The number of quaternary nitrogens is 1. The first-order valence-electron chi connectivity index (χ1n) is 7.11. The van der Waals surface area contributed by atoms with Crippen molar-refractivity contribution in [1.82, 2.24) is 10.2 Å². The molecule has 0 spiro atoms. The van der Waals surface area contributed by atoms with Gasteiger partial charge in [-0.05, 0) is 18.2 Å². The highest BCUT2D eigenvalue weighted by Gasteiger charge is 2.15. The molecule has 0 fully saturated rings. The molecule has 0 saturated carbocycles. The fourth-order valence-corrected chi connectivity index (χ4v) is 1.78. The molecule has 8 heteroatoms. The van der Waals surface area contributed by atoms with Crippen LogP contribution in [-0.2, 0) is 14.4 Å². The second-order valence-corrected chi connectivity index (χ2v) is 5.43. The van der Waals surface area contributed by atoms with E-state index in [0.717, 1.165) is 0 Å². The van der Waals surface area contributed by atoms with Crippen LogP contribution in [0, 0.1) is 5.82 Å². The van der Waals surface area contributed by atoms with Crippen molar-refractivity contribution < 1.29 is 23.7 Å². The molecule has 0 radical (unpaired) electrons. The van der Waals surface area contributed by atoms with Crippen molar-refractivity contribution in [2.75, 3.05) is 46.1 Å². The maximum absolute atomic E-state index is 13.0. The highest BCUT2D eigenvalue weighted by atomic mass is 19.1. The number of hydrogen-bond acceptors (Lipinski definition) is 3. The van der Waals surface area contributed by atoms with Crippen molar-refractivity contribution in [3.05, 3.63) is 30.1 Å². The third kappa shape index (κ3) is 7.37. The van der Waals surface area contributed by atoms with Gasteiger partial charge >= 0.3 is 0 Å². The summed E-state index contributed by atoms with van der Waals surface area (Å²) >= 11 is 0. The number of halogens is 1. The topological polar surface area (TPSA) is 83.0 Å². The number of likely N-dealkylation sites (N-methyl/N-ethyl adjacent to an activating group) is 2. The maximum Gasteiger partial charge on any atom is 0.279 e. The summed E-state index contributed by atoms with van der Waals surface area (Å²) in [6, 6.07) is 5.58. The summed E-state index contributed by atoms with van der Waals surface area (Å²) in [6.07, 6.45) is 0. The van der Waals surface area contributed by atoms with E-state index in [-0.39, 0.29) is 37.4 Å². The summed E-state index contributed by atoms with van der Waals surface area (Å²) in [6.45, 7) is 0.0252. The molecule has 0 aliphatic rings. The molecule has 3 N–H and O–H groups in total. The Kier molecular flexibility index (Phi) is 7.14. The first-order chi connectivity index (χ1) is 10.8. The SMILES string of the molecule is CN(C)C(=O)CNC(=O)C[NH+](C)CC(=O)Nc1cccc(F)c1. The van der Waals surface area contributed by atoms with Crippen LogP contribution in [0.4, 0.5) is 10.1 Å². The van der Waals surface area contributed by atoms with E-state index in [9.17, 15) is 18.8 Å². The lowest BCUT2D eigenvalue weighted by molar-refractivity contribution is -0.862. The van der Waals surface area contributed by atoms with E-state index in [1.165, 1.54) is 23.1 Å². The molecule has 0 saturated heterocycles. The lowest BCUT2D eigenvalue weighted by atomic mass is 10.3. The average Bonchev–Trinajstić information content (AvgIpc) is 2.44. The minimum atomic E-state index is -0.437. The van der Waals surface area contributed by atoms with Crippen molar-refractivity contribution >= 4 is 23.4 Å². The van der Waals surface area contributed by atoms with Crippen molar-refractivity contribution in [3.63, 3.8) is 0 Å². The smallest absolute Gasteiger partial charge is 0.279 e. The summed E-state index contributed by atoms with van der Waals surface area (Å²) in [5.41, 5.74) is 0.365. The van der Waals surface area contributed by atoms with E-state index < -0.39 is 5.82 Å². The van der Waals surface area contributed by atoms with Gasteiger partial charge in [-0.2, -0.15) is 0 Å². The zero-order chi connectivity index (χ0) is 17.4. The first kappa shape index (κ1) is 18.6. The number of nitrogens with one attached hydrogen (secondary N) is 3. The standard InChI is InChI=1S/C15H21FN4O3/c1-19(2)15(23)8-17-13(21)9-20(3)10-14(22)18-12-6-4-5-11(16)7-12/h4-7H,8-10H2,1-3H3,(H,17,21)(H,18,22)/p+1. The van der Waals surface area contributed by atoms with Crippen LogP contribution in [0.2, 0.25) is 0 Å². The fourth-order valence-electron chi connectivity index (χ4n) is 1.78. The van der Waals surface area contributed by atoms with E-state index >= 15 is 0 Å². The fraction of sp³-hybridized carbons (Fsp3) is 0.400. The largest absolute Gasteiger partial charge is 0.347 e. The normalized spacial score (nSPS) is 11.5. The molecule has 1 atom stereocenters. The van der Waals surface area contributed by atoms with E-state index in [2.05, 4.69) is 10.6 Å². The van der Waals surface area contributed by atoms with Gasteiger partial charge in [-0.15, -0.1) is 0 Å². The monoisotopic (exact) mass is 325 g/mol. The molecule has 7 nitrogen and oxygen atoms in total. The zero-order valence-corrected chi connectivity index (χ0v) is 13.5. The molecule has 0 bridgehead atoms. The second-order valence-electron chi connectivity index (χ2n) is 5.43. The van der Waals surface area contributed by atoms with Crippen molar-refractivity contribution in [2.45, 2.75) is 0 Å². The van der Waals surface area contributed by atoms with E-state index in [1.807, 2.05) is 0 Å². The lowest BCUT2D eigenvalue weighted by Gasteiger charge is -2.14. The lowest BCUT2D eigenvalue weighted by Crippen LogP contribution is -3.11. The van der Waals surface area contributed by atoms with Crippen molar-refractivity contribution in [1.29, 1.82) is 0 Å². The molecule has 1 rings (SSSR count). The number of benzene rings is 1. The Balaban J connectivity index is 2.35. The molecule has 1 unspecified atom stereocenters. The van der Waals surface area contributed by atoms with Crippen LogP contribution in [0.3, 0.4) is 0 Å². The van der Waals surface area contributed by atoms with E-state index in [4.69, 9.17) is 0 Å². The zero-order valence-electron chi connectivity index (χ0n) is 13.5. The highest BCUT2D eigenvalue weighted by molar-refractivity contribution is 5.91. The maximum atomic E-state index is 13.0. The first-order valence-corrected chi connectivity index (χ1v) is 7.11. The molecular formula is C15H22FN4O3+. The van der Waals surface area contributed by atoms with Gasteiger partial charge in [0.15, 0.2) is 13.1 Å². The quantitative estimate of drug-likeness (QED) is 0.570. The summed E-state index contributed by atoms with van der Waals surface area (Å²) in [7, 11) is 4.88. The number of carbonyl (C=O) groups excluding carboxylic acids is 3. The number of carbonyl (C=O) groups is 3. The van der Waals surface area contributed by atoms with Gasteiger partial charge in [0.05, 0.1) is 13.6 Å². The summed E-state index contributed by atoms with van der Waals surface area (Å²) in [4.78, 5) is 36.9. The summed E-state index contributed by atoms with van der Waals surface area (Å²) in [5.74, 6) is -1.30. The Morgan fingerprint density at radius 2 is 1.83 bits per heavy atom. The Morgan fingerprint density at radius 1 is 1.17 bits per heavy atom. The number of hydrogen-bond donors (Lipinski definition) is 3. The molecule has 0 aliphatic carbocycles. The summed E-state index contributed by atoms with van der Waals surface area (Å²) in [5, 5.41) is 5.05. The van der Waals surface area contributed by atoms with Gasteiger partial charge in [0.1, 0.15) is 5.82 Å². The third-order valence-electron chi connectivity index (χ3n) is 2.97. The van der Waals surface area contributed by atoms with Crippen LogP contribution in [0.5, 0.6) is 0 Å². The van der Waals surface area contributed by atoms with Crippen molar-refractivity contribution in [2.24, 2.45) is 0 Å². The van der Waals surface area contributed by atoms with E-state index in [0.29, 0.717) is 10.6 Å². The predicted molar refractivity (Wildman–Crippen MR) is 83.4 cm³/mol. The molecule has 0 heterocycles. The minimum Gasteiger partial charge on any atom is -0.347 e. The van der Waals surface area contributed by atoms with Crippen LogP contribution >= 0.6 is 0 Å². The minimum absolute atomic E-state index is 0.0472. The van der Waals surface area contributed by atoms with Crippen molar-refractivity contribution in [3.8, 4) is 0 Å². The number of nitrogens with zero attached hydrogens (tertiary/aromatic N) is 1. The second kappa shape index (κ2) is 8.84. The average molecular weight is 325 g/mol. The predicted octanol–water partition coefficient (Wildman–Crippen LogP) is -1.52. The van der Waals surface area contributed by atoms with Crippen LogP contribution in [0.25, 0.3) is 0 Å². The third-order valence-corrected chi connectivity index (χ3v) is 2.97. The van der Waals surface area contributed by atoms with Gasteiger partial charge in [-0.25, -0.2) is 4.39 Å². The Morgan fingerprint density at radius 3 is 2.43 bits per heavy atom. The van der Waals surface area contributed by atoms with Gasteiger partial charge in [-0.3, -0.25) is 14.4 Å². The van der Waals surface area contributed by atoms with Gasteiger partial charge in [0.2, 0.25) is 5.91 Å². The van der Waals surface area contributed by atoms with E-state index in [1.54, 1.807) is 27.2 Å². The number of amides is 3. The number of rotatable bonds is 7. The molecule has 0 aromatic heterocycles. The van der Waals surface area contributed by atoms with Crippen LogP contribution in [0.15, 0.2) is 24.3 Å². The molecule has 126 valence electrons. The van der Waals surface area contributed by atoms with Crippen LogP contribution < -0.4 is 15.5 Å². The van der Waals surface area contributed by atoms with Gasteiger partial charge in [0.25, 0.3) is 11.8 Å². The number of anilines is 1. The molecule has 1 aromatic carbocycles. The highest BCUT2D eigenvalue weighted by Crippen LogP contribution is 2.08. The molecular weight excluding hydrogens is 303 g/mol. The molecule has 0 aliphatic heterocycles. The van der Waals surface area contributed by atoms with Gasteiger partial charge < -0.3 is 20.4 Å². The molecule has 23 heavy (non-hydrogen) atoms.